The third-order valence-electron chi connectivity index (χ3n) is 3.64. The summed E-state index contributed by atoms with van der Waals surface area (Å²) < 4.78 is 0. The lowest BCUT2D eigenvalue weighted by molar-refractivity contribution is 0.923. The molecule has 2 aromatic heterocycles. The molecule has 2 aromatic rings. The Morgan fingerprint density at radius 2 is 2.05 bits per heavy atom. The van der Waals surface area contributed by atoms with E-state index in [9.17, 15) is 0 Å². The quantitative estimate of drug-likeness (QED) is 0.923. The summed E-state index contributed by atoms with van der Waals surface area (Å²) in [5.41, 5.74) is 2.24. The lowest BCUT2D eigenvalue weighted by atomic mass is 10.2. The molecule has 0 unspecified atom stereocenters. The van der Waals surface area contributed by atoms with Gasteiger partial charge in [-0.2, -0.15) is 0 Å². The highest BCUT2D eigenvalue weighted by Gasteiger charge is 2.13. The van der Waals surface area contributed by atoms with Gasteiger partial charge >= 0.3 is 0 Å². The van der Waals surface area contributed by atoms with Crippen molar-refractivity contribution in [3.63, 3.8) is 0 Å². The van der Waals surface area contributed by atoms with Crippen molar-refractivity contribution in [3.05, 3.63) is 42.0 Å². The molecule has 0 atom stereocenters. The molecule has 0 bridgehead atoms. The van der Waals surface area contributed by atoms with E-state index in [1.807, 2.05) is 18.3 Å². The van der Waals surface area contributed by atoms with Crippen LogP contribution in [0.4, 0.5) is 11.6 Å². The van der Waals surface area contributed by atoms with Crippen molar-refractivity contribution < 1.29 is 0 Å². The summed E-state index contributed by atoms with van der Waals surface area (Å²) in [6, 6.07) is 6.04. The summed E-state index contributed by atoms with van der Waals surface area (Å²) in [4.78, 5) is 15.3. The first kappa shape index (κ1) is 12.8. The fourth-order valence-corrected chi connectivity index (χ4v) is 2.44. The van der Waals surface area contributed by atoms with Gasteiger partial charge in [0.15, 0.2) is 0 Å². The van der Waals surface area contributed by atoms with E-state index in [0.717, 1.165) is 30.4 Å². The van der Waals surface area contributed by atoms with Crippen molar-refractivity contribution in [2.75, 3.05) is 23.3 Å². The fourth-order valence-electron chi connectivity index (χ4n) is 2.44. The van der Waals surface area contributed by atoms with E-state index >= 15 is 0 Å². The maximum absolute atomic E-state index is 4.38. The molecule has 0 saturated carbocycles. The molecule has 20 heavy (non-hydrogen) atoms. The van der Waals surface area contributed by atoms with Gasteiger partial charge in [0, 0.05) is 25.4 Å². The second-order valence-electron chi connectivity index (χ2n) is 5.08. The molecule has 1 N–H and O–H groups in total. The van der Waals surface area contributed by atoms with Crippen LogP contribution >= 0.6 is 0 Å². The minimum Gasteiger partial charge on any atom is -0.364 e. The number of aryl methyl sites for hydroxylation is 1. The van der Waals surface area contributed by atoms with E-state index in [0.29, 0.717) is 6.54 Å². The minimum absolute atomic E-state index is 0.684. The van der Waals surface area contributed by atoms with Crippen LogP contribution in [0.15, 0.2) is 30.7 Å². The average molecular weight is 269 g/mol. The molecule has 1 fully saturated rings. The first-order valence-corrected chi connectivity index (χ1v) is 7.04. The molecule has 0 spiro atoms. The van der Waals surface area contributed by atoms with Gasteiger partial charge in [-0.15, -0.1) is 0 Å². The first-order valence-electron chi connectivity index (χ1n) is 7.04. The van der Waals surface area contributed by atoms with Gasteiger partial charge in [0.1, 0.15) is 18.0 Å². The first-order chi connectivity index (χ1) is 9.83. The third-order valence-corrected chi connectivity index (χ3v) is 3.64. The molecule has 0 radical (unpaired) electrons. The van der Waals surface area contributed by atoms with E-state index < -0.39 is 0 Å². The van der Waals surface area contributed by atoms with Crippen molar-refractivity contribution in [3.8, 4) is 0 Å². The Morgan fingerprint density at radius 1 is 1.20 bits per heavy atom. The molecule has 0 aromatic carbocycles. The van der Waals surface area contributed by atoms with Gasteiger partial charge in [-0.1, -0.05) is 6.07 Å². The van der Waals surface area contributed by atoms with Crippen LogP contribution in [0.25, 0.3) is 0 Å². The van der Waals surface area contributed by atoms with Crippen LogP contribution in [0.3, 0.4) is 0 Å². The molecule has 0 amide bonds. The maximum atomic E-state index is 4.38. The van der Waals surface area contributed by atoms with Gasteiger partial charge in [-0.05, 0) is 31.4 Å². The largest absolute Gasteiger partial charge is 0.364 e. The summed E-state index contributed by atoms with van der Waals surface area (Å²) >= 11 is 0. The van der Waals surface area contributed by atoms with E-state index in [2.05, 4.69) is 38.2 Å². The van der Waals surface area contributed by atoms with Gasteiger partial charge in [0.05, 0.1) is 12.2 Å². The van der Waals surface area contributed by atoms with E-state index in [-0.39, 0.29) is 0 Å². The topological polar surface area (TPSA) is 53.9 Å². The standard InChI is InChI=1S/C15H19N5/c1-12-5-4-6-16-13(12)10-17-14-9-15(19-11-18-14)20-7-2-3-8-20/h4-6,9,11H,2-3,7-8,10H2,1H3,(H,17,18,19). The molecule has 1 saturated heterocycles. The molecule has 1 aliphatic heterocycles. The van der Waals surface area contributed by atoms with Crippen LogP contribution in [0.1, 0.15) is 24.1 Å². The molecule has 5 heteroatoms. The second kappa shape index (κ2) is 5.86. The van der Waals surface area contributed by atoms with Crippen molar-refractivity contribution in [2.24, 2.45) is 0 Å². The molecule has 3 rings (SSSR count). The fraction of sp³-hybridized carbons (Fsp3) is 0.400. The zero-order chi connectivity index (χ0) is 13.8. The van der Waals surface area contributed by atoms with E-state index in [1.54, 1.807) is 6.33 Å². The lowest BCUT2D eigenvalue weighted by Crippen LogP contribution is -2.19. The van der Waals surface area contributed by atoms with Crippen LogP contribution < -0.4 is 10.2 Å². The molecule has 0 aliphatic carbocycles. The van der Waals surface area contributed by atoms with Crippen molar-refractivity contribution >= 4 is 11.6 Å². The highest BCUT2D eigenvalue weighted by Crippen LogP contribution is 2.19. The second-order valence-corrected chi connectivity index (χ2v) is 5.08. The Kier molecular flexibility index (Phi) is 3.76. The highest BCUT2D eigenvalue weighted by molar-refractivity contribution is 5.49. The SMILES string of the molecule is Cc1cccnc1CNc1cc(N2CCCC2)ncn1. The molecule has 104 valence electrons. The Balaban J connectivity index is 1.68. The summed E-state index contributed by atoms with van der Waals surface area (Å²) in [7, 11) is 0. The smallest absolute Gasteiger partial charge is 0.134 e. The van der Waals surface area contributed by atoms with Crippen LogP contribution in [-0.4, -0.2) is 28.0 Å². The van der Waals surface area contributed by atoms with Crippen LogP contribution in [0.5, 0.6) is 0 Å². The van der Waals surface area contributed by atoms with Crippen molar-refractivity contribution in [1.82, 2.24) is 15.0 Å². The zero-order valence-corrected chi connectivity index (χ0v) is 11.7. The van der Waals surface area contributed by atoms with Gasteiger partial charge < -0.3 is 10.2 Å². The van der Waals surface area contributed by atoms with Crippen LogP contribution in [0.2, 0.25) is 0 Å². The number of nitrogens with one attached hydrogen (secondary N) is 1. The van der Waals surface area contributed by atoms with Crippen LogP contribution in [-0.2, 0) is 6.54 Å². The van der Waals surface area contributed by atoms with Gasteiger partial charge in [0.25, 0.3) is 0 Å². The van der Waals surface area contributed by atoms with Gasteiger partial charge in [-0.3, -0.25) is 4.98 Å². The summed E-state index contributed by atoms with van der Waals surface area (Å²) in [6.07, 6.45) is 5.95. The Bertz CT molecular complexity index is 578. The predicted octanol–water partition coefficient (Wildman–Crippen LogP) is 2.39. The Labute approximate surface area is 119 Å². The van der Waals surface area contributed by atoms with Gasteiger partial charge in [0.2, 0.25) is 0 Å². The third kappa shape index (κ3) is 2.87. The summed E-state index contributed by atoms with van der Waals surface area (Å²) in [6.45, 7) is 4.94. The molecular weight excluding hydrogens is 250 g/mol. The molecular formula is C15H19N5. The van der Waals surface area contributed by atoms with Gasteiger partial charge in [-0.25, -0.2) is 9.97 Å². The monoisotopic (exact) mass is 269 g/mol. The maximum Gasteiger partial charge on any atom is 0.134 e. The highest BCUT2D eigenvalue weighted by atomic mass is 15.2. The number of rotatable bonds is 4. The van der Waals surface area contributed by atoms with Crippen LogP contribution in [0, 0.1) is 6.92 Å². The molecule has 3 heterocycles. The zero-order valence-electron chi connectivity index (χ0n) is 11.7. The average Bonchev–Trinajstić information content (AvgIpc) is 3.01. The van der Waals surface area contributed by atoms with Crippen molar-refractivity contribution in [2.45, 2.75) is 26.3 Å². The minimum atomic E-state index is 0.684. The number of hydrogen-bond donors (Lipinski definition) is 1. The number of nitrogens with zero attached hydrogens (tertiary/aromatic N) is 4. The number of pyridine rings is 1. The predicted molar refractivity (Wildman–Crippen MR) is 79.8 cm³/mol. The Morgan fingerprint density at radius 3 is 2.85 bits per heavy atom. The molecule has 5 nitrogen and oxygen atoms in total. The van der Waals surface area contributed by atoms with E-state index in [4.69, 9.17) is 0 Å². The lowest BCUT2D eigenvalue weighted by Gasteiger charge is -2.16. The summed E-state index contributed by atoms with van der Waals surface area (Å²) in [5, 5.41) is 3.33. The number of hydrogen-bond acceptors (Lipinski definition) is 5. The number of anilines is 2. The normalized spacial score (nSPS) is 14.6. The molecule has 1 aliphatic rings. The van der Waals surface area contributed by atoms with E-state index in [1.165, 1.54) is 18.4 Å². The summed E-state index contributed by atoms with van der Waals surface area (Å²) in [5.74, 6) is 1.87. The van der Waals surface area contributed by atoms with Crippen molar-refractivity contribution in [1.29, 1.82) is 0 Å². The number of aromatic nitrogens is 3. The Hall–Kier alpha value is -2.17.